The number of rotatable bonds is 5. The van der Waals surface area contributed by atoms with Crippen LogP contribution >= 0.6 is 0 Å². The van der Waals surface area contributed by atoms with E-state index in [0.29, 0.717) is 17.5 Å². The zero-order valence-corrected chi connectivity index (χ0v) is 29.6. The Morgan fingerprint density at radius 2 is 0.727 bits per heavy atom. The Hall–Kier alpha value is -7.43. The Balaban J connectivity index is 1.11. The second-order valence-electron chi connectivity index (χ2n) is 13.9. The molecule has 9 aromatic carbocycles. The fraction of sp³-hybridized carbons (Fsp3) is 0. The van der Waals surface area contributed by atoms with Gasteiger partial charge in [-0.15, -0.1) is 0 Å². The van der Waals surface area contributed by atoms with Crippen molar-refractivity contribution in [2.75, 3.05) is 0 Å². The number of aromatic nitrogens is 3. The van der Waals surface area contributed by atoms with Gasteiger partial charge in [-0.3, -0.25) is 0 Å². The Morgan fingerprint density at radius 3 is 1.31 bits per heavy atom. The van der Waals surface area contributed by atoms with Crippen LogP contribution < -0.4 is 0 Å². The maximum absolute atomic E-state index is 6.46. The van der Waals surface area contributed by atoms with Gasteiger partial charge < -0.3 is 4.42 Å². The fourth-order valence-electron chi connectivity index (χ4n) is 8.16. The molecule has 2 aromatic heterocycles. The van der Waals surface area contributed by atoms with Gasteiger partial charge in [-0.05, 0) is 67.2 Å². The quantitative estimate of drug-likeness (QED) is 0.168. The lowest BCUT2D eigenvalue weighted by molar-refractivity contribution is 0.669. The van der Waals surface area contributed by atoms with Crippen LogP contribution in [0.2, 0.25) is 0 Å². The molecule has 0 unspecified atom stereocenters. The highest BCUT2D eigenvalue weighted by molar-refractivity contribution is 6.26. The average Bonchev–Trinajstić information content (AvgIpc) is 3.65. The second-order valence-corrected chi connectivity index (χ2v) is 13.9. The first kappa shape index (κ1) is 31.1. The predicted molar refractivity (Wildman–Crippen MR) is 227 cm³/mol. The van der Waals surface area contributed by atoms with Crippen molar-refractivity contribution in [3.8, 4) is 56.4 Å². The van der Waals surface area contributed by atoms with Crippen molar-refractivity contribution in [1.82, 2.24) is 15.0 Å². The van der Waals surface area contributed by atoms with Gasteiger partial charge in [-0.2, -0.15) is 0 Å². The van der Waals surface area contributed by atoms with Crippen LogP contribution in [-0.4, -0.2) is 15.0 Å². The zero-order chi connectivity index (χ0) is 36.3. The van der Waals surface area contributed by atoms with Crippen molar-refractivity contribution < 1.29 is 4.42 Å². The first-order chi connectivity index (χ1) is 27.3. The smallest absolute Gasteiger partial charge is 0.164 e. The number of benzene rings is 9. The molecule has 256 valence electrons. The van der Waals surface area contributed by atoms with Gasteiger partial charge >= 0.3 is 0 Å². The summed E-state index contributed by atoms with van der Waals surface area (Å²) >= 11 is 0. The van der Waals surface area contributed by atoms with Gasteiger partial charge in [0.2, 0.25) is 0 Å². The van der Waals surface area contributed by atoms with Crippen molar-refractivity contribution in [2.45, 2.75) is 0 Å². The van der Waals surface area contributed by atoms with Gasteiger partial charge in [-0.1, -0.05) is 170 Å². The summed E-state index contributed by atoms with van der Waals surface area (Å²) in [5.74, 6) is 1.91. The SMILES string of the molecule is c1ccc(-c2nc(-c3ccccc3)nc(-c3ccc(-c4c(-c5ccc6c7ccccc7c7ccccc7c6c5)ccc5oc6ccccc6c45)cc3)n2)cc1. The van der Waals surface area contributed by atoms with Crippen LogP contribution in [0, 0.1) is 0 Å². The highest BCUT2D eigenvalue weighted by Crippen LogP contribution is 2.45. The Bertz CT molecular complexity index is 3150. The minimum absolute atomic E-state index is 0.625. The molecule has 0 N–H and O–H groups in total. The fourth-order valence-corrected chi connectivity index (χ4v) is 8.16. The topological polar surface area (TPSA) is 51.8 Å². The highest BCUT2D eigenvalue weighted by Gasteiger charge is 2.20. The average molecular weight is 702 g/mol. The van der Waals surface area contributed by atoms with Crippen LogP contribution in [0.25, 0.3) is 111 Å². The summed E-state index contributed by atoms with van der Waals surface area (Å²) in [5.41, 5.74) is 9.03. The van der Waals surface area contributed by atoms with E-state index in [1.54, 1.807) is 0 Å². The number of fused-ring (bicyclic) bond motifs is 9. The molecule has 0 bridgehead atoms. The van der Waals surface area contributed by atoms with Crippen LogP contribution in [0.4, 0.5) is 0 Å². The molecule has 0 atom stereocenters. The molecule has 0 saturated heterocycles. The third-order valence-corrected chi connectivity index (χ3v) is 10.7. The number of hydrogen-bond acceptors (Lipinski definition) is 4. The Kier molecular flexibility index (Phi) is 7.14. The molecule has 4 nitrogen and oxygen atoms in total. The summed E-state index contributed by atoms with van der Waals surface area (Å²) in [6.45, 7) is 0. The van der Waals surface area contributed by atoms with Gasteiger partial charge in [0, 0.05) is 33.0 Å². The molecular weight excluding hydrogens is 671 g/mol. The molecule has 0 saturated carbocycles. The summed E-state index contributed by atoms with van der Waals surface area (Å²) in [4.78, 5) is 14.9. The van der Waals surface area contributed by atoms with E-state index < -0.39 is 0 Å². The monoisotopic (exact) mass is 701 g/mol. The van der Waals surface area contributed by atoms with Crippen LogP contribution in [0.1, 0.15) is 0 Å². The first-order valence-electron chi connectivity index (χ1n) is 18.5. The van der Waals surface area contributed by atoms with Crippen LogP contribution in [0.3, 0.4) is 0 Å². The van der Waals surface area contributed by atoms with Crippen LogP contribution in [-0.2, 0) is 0 Å². The maximum Gasteiger partial charge on any atom is 0.164 e. The summed E-state index contributed by atoms with van der Waals surface area (Å²) in [5, 5.41) is 9.73. The number of para-hydroxylation sites is 1. The van der Waals surface area contributed by atoms with Gasteiger partial charge in [-0.25, -0.2) is 15.0 Å². The predicted octanol–water partition coefficient (Wildman–Crippen LogP) is 13.6. The molecular formula is C51H31N3O. The van der Waals surface area contributed by atoms with Gasteiger partial charge in [0.05, 0.1) is 0 Å². The molecule has 0 radical (unpaired) electrons. The van der Waals surface area contributed by atoms with Crippen molar-refractivity contribution in [3.63, 3.8) is 0 Å². The molecule has 11 aromatic rings. The Labute approximate surface area is 317 Å². The molecule has 0 spiro atoms. The summed E-state index contributed by atoms with van der Waals surface area (Å²) in [7, 11) is 0. The highest BCUT2D eigenvalue weighted by atomic mass is 16.3. The van der Waals surface area contributed by atoms with Crippen molar-refractivity contribution in [1.29, 1.82) is 0 Å². The minimum atomic E-state index is 0.625. The van der Waals surface area contributed by atoms with Crippen LogP contribution in [0.15, 0.2) is 192 Å². The standard InChI is InChI=1S/C51H31N3O/c1-3-13-33(14-4-1)49-52-50(34-15-5-2-6-16-34)54-51(53-49)35-25-23-32(24-26-35)47-37(29-30-46-48(47)43-21-11-12-22-45(43)55-46)36-27-28-42-40-19-8-7-17-38(40)39-18-9-10-20-41(39)44(42)31-36/h1-31H. The van der Waals surface area contributed by atoms with E-state index >= 15 is 0 Å². The third-order valence-electron chi connectivity index (χ3n) is 10.7. The van der Waals surface area contributed by atoms with E-state index in [-0.39, 0.29) is 0 Å². The van der Waals surface area contributed by atoms with Crippen molar-refractivity contribution in [2.24, 2.45) is 0 Å². The van der Waals surface area contributed by atoms with Crippen molar-refractivity contribution >= 4 is 54.3 Å². The lowest BCUT2D eigenvalue weighted by atomic mass is 9.88. The molecule has 2 heterocycles. The van der Waals surface area contributed by atoms with E-state index in [2.05, 4.69) is 115 Å². The normalized spacial score (nSPS) is 11.6. The van der Waals surface area contributed by atoms with E-state index in [1.165, 1.54) is 32.3 Å². The number of furan rings is 1. The maximum atomic E-state index is 6.46. The molecule has 0 amide bonds. The lowest BCUT2D eigenvalue weighted by Gasteiger charge is -2.15. The zero-order valence-electron chi connectivity index (χ0n) is 29.6. The largest absolute Gasteiger partial charge is 0.456 e. The number of nitrogens with zero attached hydrogens (tertiary/aromatic N) is 3. The number of hydrogen-bond donors (Lipinski definition) is 0. The van der Waals surface area contributed by atoms with Gasteiger partial charge in [0.15, 0.2) is 17.5 Å². The minimum Gasteiger partial charge on any atom is -0.456 e. The third kappa shape index (κ3) is 5.19. The van der Waals surface area contributed by atoms with E-state index in [9.17, 15) is 0 Å². The first-order valence-corrected chi connectivity index (χ1v) is 18.5. The summed E-state index contributed by atoms with van der Waals surface area (Å²) < 4.78 is 6.46. The molecule has 0 aliphatic rings. The molecule has 0 fully saturated rings. The molecule has 11 rings (SSSR count). The van der Waals surface area contributed by atoms with Crippen molar-refractivity contribution in [3.05, 3.63) is 188 Å². The van der Waals surface area contributed by atoms with E-state index in [4.69, 9.17) is 19.4 Å². The lowest BCUT2D eigenvalue weighted by Crippen LogP contribution is -2.00. The van der Waals surface area contributed by atoms with Gasteiger partial charge in [0.1, 0.15) is 11.2 Å². The van der Waals surface area contributed by atoms with Gasteiger partial charge in [0.25, 0.3) is 0 Å². The molecule has 4 heteroatoms. The molecule has 0 aliphatic heterocycles. The second kappa shape index (κ2) is 12.6. The summed E-state index contributed by atoms with van der Waals surface area (Å²) in [6, 6.07) is 65.8. The summed E-state index contributed by atoms with van der Waals surface area (Å²) in [6.07, 6.45) is 0. The molecule has 0 aliphatic carbocycles. The van der Waals surface area contributed by atoms with Crippen LogP contribution in [0.5, 0.6) is 0 Å². The Morgan fingerprint density at radius 1 is 0.291 bits per heavy atom. The van der Waals surface area contributed by atoms with E-state index in [0.717, 1.165) is 60.9 Å². The van der Waals surface area contributed by atoms with E-state index in [1.807, 2.05) is 72.8 Å². The molecule has 55 heavy (non-hydrogen) atoms.